The Morgan fingerprint density at radius 2 is 2.23 bits per heavy atom. The minimum atomic E-state index is -1.13. The molecule has 3 N–H and O–H groups in total. The Hall–Kier alpha value is -1.62. The number of hydrogen-bond acceptors (Lipinski definition) is 4. The number of halogens is 1. The number of pyridine rings is 1. The van der Waals surface area contributed by atoms with Gasteiger partial charge in [0.2, 0.25) is 0 Å². The first-order chi connectivity index (χ1) is 5.65. The Balaban J connectivity index is 0.00000144. The summed E-state index contributed by atoms with van der Waals surface area (Å²) in [7, 11) is 0. The summed E-state index contributed by atoms with van der Waals surface area (Å²) < 4.78 is 0. The van der Waals surface area contributed by atoms with E-state index in [1.54, 1.807) is 0 Å². The molecular weight excluding hydrogens is 196 g/mol. The summed E-state index contributed by atoms with van der Waals surface area (Å²) in [6.45, 7) is 0. The van der Waals surface area contributed by atoms with Gasteiger partial charge in [-0.1, -0.05) is 0 Å². The zero-order valence-electron chi connectivity index (χ0n) is 6.43. The van der Waals surface area contributed by atoms with E-state index in [0.717, 1.165) is 6.20 Å². The number of aromatic carboxylic acids is 1. The summed E-state index contributed by atoms with van der Waals surface area (Å²) >= 11 is 0. The van der Waals surface area contributed by atoms with Crippen LogP contribution in [-0.2, 0) is 0 Å². The predicted octanol–water partition coefficient (Wildman–Crippen LogP) is 0.596. The molecule has 0 spiro atoms. The molecule has 1 rings (SSSR count). The molecule has 0 atom stereocenters. The van der Waals surface area contributed by atoms with E-state index in [-0.39, 0.29) is 29.4 Å². The molecule has 0 aromatic carbocycles. The minimum Gasteiger partial charge on any atom is -0.478 e. The van der Waals surface area contributed by atoms with Crippen molar-refractivity contribution in [2.45, 2.75) is 0 Å². The van der Waals surface area contributed by atoms with Gasteiger partial charge in [-0.05, 0) is 6.07 Å². The largest absolute Gasteiger partial charge is 0.478 e. The fourth-order valence-electron chi connectivity index (χ4n) is 0.704. The molecule has 0 aliphatic carbocycles. The molecule has 6 heteroatoms. The third-order valence-electron chi connectivity index (χ3n) is 1.32. The number of aromatic nitrogens is 1. The van der Waals surface area contributed by atoms with Gasteiger partial charge in [-0.2, -0.15) is 0 Å². The van der Waals surface area contributed by atoms with E-state index in [1.807, 2.05) is 0 Å². The van der Waals surface area contributed by atoms with Crippen LogP contribution >= 0.6 is 12.4 Å². The summed E-state index contributed by atoms with van der Waals surface area (Å²) in [6, 6.07) is 1.18. The number of carbonyl (C=O) groups excluding carboxylic acids is 1. The lowest BCUT2D eigenvalue weighted by Crippen LogP contribution is -2.02. The van der Waals surface area contributed by atoms with E-state index in [9.17, 15) is 9.59 Å². The van der Waals surface area contributed by atoms with Gasteiger partial charge in [0, 0.05) is 6.20 Å². The van der Waals surface area contributed by atoms with Crippen molar-refractivity contribution in [3.8, 4) is 0 Å². The standard InChI is InChI=1S/C7H6N2O3.ClH/c8-6-5(3-10)1-4(2-9-6)7(11)12;/h1-3H,(H2,8,9)(H,11,12);1H. The van der Waals surface area contributed by atoms with Gasteiger partial charge < -0.3 is 10.8 Å². The zero-order valence-corrected chi connectivity index (χ0v) is 7.25. The maximum atomic E-state index is 10.4. The Kier molecular flexibility index (Phi) is 3.87. The van der Waals surface area contributed by atoms with Crippen molar-refractivity contribution in [1.29, 1.82) is 0 Å². The fourth-order valence-corrected chi connectivity index (χ4v) is 0.704. The zero-order chi connectivity index (χ0) is 9.14. The van der Waals surface area contributed by atoms with Crippen molar-refractivity contribution in [3.63, 3.8) is 0 Å². The second-order valence-corrected chi connectivity index (χ2v) is 2.12. The van der Waals surface area contributed by atoms with Crippen LogP contribution < -0.4 is 5.73 Å². The van der Waals surface area contributed by atoms with Gasteiger partial charge in [-0.3, -0.25) is 4.79 Å². The van der Waals surface area contributed by atoms with Crippen molar-refractivity contribution in [2.24, 2.45) is 0 Å². The van der Waals surface area contributed by atoms with Gasteiger partial charge in [0.15, 0.2) is 6.29 Å². The van der Waals surface area contributed by atoms with Crippen molar-refractivity contribution in [3.05, 3.63) is 23.4 Å². The number of nitrogens with two attached hydrogens (primary N) is 1. The van der Waals surface area contributed by atoms with Crippen LogP contribution in [0, 0.1) is 0 Å². The number of nitrogens with zero attached hydrogens (tertiary/aromatic N) is 1. The second kappa shape index (κ2) is 4.42. The van der Waals surface area contributed by atoms with Gasteiger partial charge in [-0.25, -0.2) is 9.78 Å². The molecule has 0 aliphatic heterocycles. The van der Waals surface area contributed by atoms with E-state index in [0.29, 0.717) is 6.29 Å². The molecule has 5 nitrogen and oxygen atoms in total. The third-order valence-corrected chi connectivity index (χ3v) is 1.32. The van der Waals surface area contributed by atoms with Gasteiger partial charge in [0.1, 0.15) is 5.82 Å². The van der Waals surface area contributed by atoms with E-state index in [1.165, 1.54) is 6.07 Å². The van der Waals surface area contributed by atoms with E-state index < -0.39 is 5.97 Å². The van der Waals surface area contributed by atoms with Gasteiger partial charge in [0.25, 0.3) is 0 Å². The number of carboxylic acid groups (broad SMARTS) is 1. The van der Waals surface area contributed by atoms with Crippen LogP contribution in [0.2, 0.25) is 0 Å². The lowest BCUT2D eigenvalue weighted by atomic mass is 10.2. The third kappa shape index (κ3) is 2.41. The highest BCUT2D eigenvalue weighted by atomic mass is 35.5. The van der Waals surface area contributed by atoms with Gasteiger partial charge in [-0.15, -0.1) is 12.4 Å². The minimum absolute atomic E-state index is 0. The number of carboxylic acids is 1. The van der Waals surface area contributed by atoms with Crippen LogP contribution in [0.25, 0.3) is 0 Å². The van der Waals surface area contributed by atoms with Gasteiger partial charge >= 0.3 is 5.97 Å². The average Bonchev–Trinajstić information content (AvgIpc) is 2.05. The highest BCUT2D eigenvalue weighted by Gasteiger charge is 2.06. The number of rotatable bonds is 2. The molecule has 0 saturated heterocycles. The van der Waals surface area contributed by atoms with Crippen LogP contribution in [0.5, 0.6) is 0 Å². The van der Waals surface area contributed by atoms with Crippen molar-refractivity contribution >= 4 is 30.5 Å². The number of nitrogen functional groups attached to an aromatic ring is 1. The van der Waals surface area contributed by atoms with Crippen LogP contribution in [0.4, 0.5) is 5.82 Å². The summed E-state index contributed by atoms with van der Waals surface area (Å²) in [5.41, 5.74) is 5.31. The lowest BCUT2D eigenvalue weighted by Gasteiger charge is -1.97. The molecule has 0 unspecified atom stereocenters. The Bertz CT molecular complexity index is 341. The van der Waals surface area contributed by atoms with Crippen molar-refractivity contribution < 1.29 is 14.7 Å². The Labute approximate surface area is 80.0 Å². The number of anilines is 1. The normalized spacial score (nSPS) is 8.62. The molecule has 1 aromatic heterocycles. The lowest BCUT2D eigenvalue weighted by molar-refractivity contribution is 0.0696. The van der Waals surface area contributed by atoms with Crippen LogP contribution in [0.15, 0.2) is 12.3 Å². The summed E-state index contributed by atoms with van der Waals surface area (Å²) in [4.78, 5) is 24.2. The molecule has 0 amide bonds. The molecule has 1 heterocycles. The van der Waals surface area contributed by atoms with Crippen molar-refractivity contribution in [1.82, 2.24) is 4.98 Å². The molecule has 0 radical (unpaired) electrons. The predicted molar refractivity (Wildman–Crippen MR) is 48.2 cm³/mol. The molecule has 0 bridgehead atoms. The fraction of sp³-hybridized carbons (Fsp3) is 0. The molecular formula is C7H7ClN2O3. The summed E-state index contributed by atoms with van der Waals surface area (Å²) in [5.74, 6) is -1.10. The van der Waals surface area contributed by atoms with E-state index in [4.69, 9.17) is 10.8 Å². The van der Waals surface area contributed by atoms with Crippen LogP contribution in [0.1, 0.15) is 20.7 Å². The maximum absolute atomic E-state index is 10.4. The number of carbonyl (C=O) groups is 2. The average molecular weight is 203 g/mol. The smallest absolute Gasteiger partial charge is 0.337 e. The monoisotopic (exact) mass is 202 g/mol. The second-order valence-electron chi connectivity index (χ2n) is 2.12. The van der Waals surface area contributed by atoms with Crippen molar-refractivity contribution in [2.75, 3.05) is 5.73 Å². The molecule has 0 fully saturated rings. The number of hydrogen-bond donors (Lipinski definition) is 2. The van der Waals surface area contributed by atoms with Gasteiger partial charge in [0.05, 0.1) is 11.1 Å². The van der Waals surface area contributed by atoms with Crippen LogP contribution in [-0.4, -0.2) is 22.3 Å². The Morgan fingerprint density at radius 1 is 1.62 bits per heavy atom. The summed E-state index contributed by atoms with van der Waals surface area (Å²) in [5, 5.41) is 8.50. The highest BCUT2D eigenvalue weighted by molar-refractivity contribution is 5.91. The van der Waals surface area contributed by atoms with Crippen LogP contribution in [0.3, 0.4) is 0 Å². The molecule has 13 heavy (non-hydrogen) atoms. The topological polar surface area (TPSA) is 93.3 Å². The molecule has 0 aliphatic rings. The number of aldehydes is 1. The highest BCUT2D eigenvalue weighted by Crippen LogP contribution is 2.07. The molecule has 0 saturated carbocycles. The first-order valence-corrected chi connectivity index (χ1v) is 3.09. The quantitative estimate of drug-likeness (QED) is 0.685. The van der Waals surface area contributed by atoms with E-state index >= 15 is 0 Å². The first kappa shape index (κ1) is 11.4. The van der Waals surface area contributed by atoms with E-state index in [2.05, 4.69) is 4.98 Å². The Morgan fingerprint density at radius 3 is 2.69 bits per heavy atom. The maximum Gasteiger partial charge on any atom is 0.337 e. The first-order valence-electron chi connectivity index (χ1n) is 3.09. The molecule has 70 valence electrons. The molecule has 1 aromatic rings. The summed E-state index contributed by atoms with van der Waals surface area (Å²) in [6.07, 6.45) is 1.57. The SMILES string of the molecule is Cl.Nc1ncc(C(=O)O)cc1C=O.